The molecule has 1 fully saturated rings. The van der Waals surface area contributed by atoms with E-state index in [-0.39, 0.29) is 0 Å². The van der Waals surface area contributed by atoms with Gasteiger partial charge in [0.05, 0.1) is 0 Å². The number of likely N-dealkylation sites (tertiary alicyclic amines) is 1. The predicted octanol–water partition coefficient (Wildman–Crippen LogP) is 1.86. The molecule has 1 aromatic rings. The minimum Gasteiger partial charge on any atom is -0.327 e. The van der Waals surface area contributed by atoms with Gasteiger partial charge in [-0.2, -0.15) is 0 Å². The van der Waals surface area contributed by atoms with Crippen LogP contribution in [0.3, 0.4) is 0 Å². The van der Waals surface area contributed by atoms with Crippen molar-refractivity contribution in [2.75, 3.05) is 13.1 Å². The van der Waals surface area contributed by atoms with Gasteiger partial charge in [0.2, 0.25) is 0 Å². The van der Waals surface area contributed by atoms with E-state index in [0.29, 0.717) is 6.04 Å². The van der Waals surface area contributed by atoms with Crippen LogP contribution in [0.25, 0.3) is 0 Å². The third-order valence-corrected chi connectivity index (χ3v) is 3.02. The maximum absolute atomic E-state index is 6.03. The molecule has 1 aromatic carbocycles. The Labute approximate surface area is 92.1 Å². The second kappa shape index (κ2) is 4.77. The Hall–Kier alpha value is -0.860. The summed E-state index contributed by atoms with van der Waals surface area (Å²) in [7, 11) is 0. The number of nitrogens with two attached hydrogens (primary N) is 1. The smallest absolute Gasteiger partial charge is 0.0234 e. The molecule has 2 N–H and O–H groups in total. The van der Waals surface area contributed by atoms with E-state index in [1.807, 2.05) is 0 Å². The summed E-state index contributed by atoms with van der Waals surface area (Å²) in [6.45, 7) is 5.55. The fourth-order valence-electron chi connectivity index (χ4n) is 2.48. The molecular weight excluding hydrogens is 184 g/mol. The largest absolute Gasteiger partial charge is 0.327 e. The Kier molecular flexibility index (Phi) is 3.39. The van der Waals surface area contributed by atoms with Crippen molar-refractivity contribution in [2.45, 2.75) is 25.9 Å². The third-order valence-electron chi connectivity index (χ3n) is 3.02. The number of rotatable bonds is 2. The van der Waals surface area contributed by atoms with Gasteiger partial charge in [0.15, 0.2) is 0 Å². The Bertz CT molecular complexity index is 287. The Morgan fingerprint density at radius 1 is 1.27 bits per heavy atom. The molecular formula is C13H20N2. The predicted molar refractivity (Wildman–Crippen MR) is 63.5 cm³/mol. The van der Waals surface area contributed by atoms with Gasteiger partial charge in [0, 0.05) is 25.7 Å². The minimum atomic E-state index is 0.359. The summed E-state index contributed by atoms with van der Waals surface area (Å²) in [5.74, 6) is 0.734. The molecule has 82 valence electrons. The van der Waals surface area contributed by atoms with Crippen molar-refractivity contribution in [3.63, 3.8) is 0 Å². The molecule has 1 saturated heterocycles. The van der Waals surface area contributed by atoms with Crippen LogP contribution in [0.4, 0.5) is 0 Å². The van der Waals surface area contributed by atoms with Crippen LogP contribution in [0.5, 0.6) is 0 Å². The first-order valence-electron chi connectivity index (χ1n) is 5.76. The number of nitrogens with zero attached hydrogens (tertiary/aromatic N) is 1. The second-order valence-corrected chi connectivity index (χ2v) is 4.78. The molecule has 0 spiro atoms. The average molecular weight is 204 g/mol. The molecule has 2 nitrogen and oxygen atoms in total. The number of piperidine rings is 1. The van der Waals surface area contributed by atoms with Crippen LogP contribution in [-0.2, 0) is 6.54 Å². The van der Waals surface area contributed by atoms with Crippen molar-refractivity contribution in [1.29, 1.82) is 0 Å². The highest BCUT2D eigenvalue weighted by Crippen LogP contribution is 2.17. The van der Waals surface area contributed by atoms with Gasteiger partial charge in [0.25, 0.3) is 0 Å². The number of hydrogen-bond donors (Lipinski definition) is 1. The first kappa shape index (κ1) is 10.7. The first-order chi connectivity index (χ1) is 7.24. The Morgan fingerprint density at radius 2 is 2.00 bits per heavy atom. The molecule has 0 amide bonds. The van der Waals surface area contributed by atoms with Crippen molar-refractivity contribution in [1.82, 2.24) is 4.90 Å². The van der Waals surface area contributed by atoms with E-state index in [0.717, 1.165) is 19.0 Å². The number of hydrogen-bond acceptors (Lipinski definition) is 2. The lowest BCUT2D eigenvalue weighted by Gasteiger charge is -2.34. The van der Waals surface area contributed by atoms with Crippen LogP contribution in [0.2, 0.25) is 0 Å². The molecule has 0 saturated carbocycles. The molecule has 1 aliphatic rings. The van der Waals surface area contributed by atoms with Crippen LogP contribution in [-0.4, -0.2) is 24.0 Å². The zero-order chi connectivity index (χ0) is 10.7. The van der Waals surface area contributed by atoms with Gasteiger partial charge < -0.3 is 5.73 Å². The fraction of sp³-hybridized carbons (Fsp3) is 0.538. The van der Waals surface area contributed by atoms with Gasteiger partial charge in [-0.15, -0.1) is 0 Å². The SMILES string of the molecule is CC1C[C@H](N)CN(Cc2ccccc2)C1. The molecule has 1 unspecified atom stereocenters. The summed E-state index contributed by atoms with van der Waals surface area (Å²) in [5.41, 5.74) is 7.42. The second-order valence-electron chi connectivity index (χ2n) is 4.78. The minimum absolute atomic E-state index is 0.359. The summed E-state index contributed by atoms with van der Waals surface area (Å²) in [6, 6.07) is 11.0. The fourth-order valence-corrected chi connectivity index (χ4v) is 2.48. The van der Waals surface area contributed by atoms with Crippen molar-refractivity contribution in [3.05, 3.63) is 35.9 Å². The molecule has 1 aliphatic heterocycles. The van der Waals surface area contributed by atoms with Crippen LogP contribution in [0, 0.1) is 5.92 Å². The van der Waals surface area contributed by atoms with E-state index in [4.69, 9.17) is 5.73 Å². The molecule has 2 heteroatoms. The molecule has 15 heavy (non-hydrogen) atoms. The zero-order valence-electron chi connectivity index (χ0n) is 9.39. The van der Waals surface area contributed by atoms with Gasteiger partial charge in [-0.05, 0) is 17.9 Å². The summed E-state index contributed by atoms with van der Waals surface area (Å²) >= 11 is 0. The molecule has 0 radical (unpaired) electrons. The maximum Gasteiger partial charge on any atom is 0.0234 e. The van der Waals surface area contributed by atoms with Gasteiger partial charge >= 0.3 is 0 Å². The zero-order valence-corrected chi connectivity index (χ0v) is 9.39. The van der Waals surface area contributed by atoms with E-state index in [2.05, 4.69) is 42.2 Å². The van der Waals surface area contributed by atoms with Gasteiger partial charge in [0.1, 0.15) is 0 Å². The molecule has 0 aromatic heterocycles. The van der Waals surface area contributed by atoms with Crippen molar-refractivity contribution >= 4 is 0 Å². The van der Waals surface area contributed by atoms with Crippen molar-refractivity contribution < 1.29 is 0 Å². The topological polar surface area (TPSA) is 29.3 Å². The Morgan fingerprint density at radius 3 is 2.67 bits per heavy atom. The number of benzene rings is 1. The van der Waals surface area contributed by atoms with Crippen LogP contribution in [0.1, 0.15) is 18.9 Å². The van der Waals surface area contributed by atoms with Gasteiger partial charge in [-0.1, -0.05) is 37.3 Å². The van der Waals surface area contributed by atoms with Crippen molar-refractivity contribution in [2.24, 2.45) is 11.7 Å². The third kappa shape index (κ3) is 3.05. The molecule has 0 bridgehead atoms. The maximum atomic E-state index is 6.03. The van der Waals surface area contributed by atoms with Crippen LogP contribution < -0.4 is 5.73 Å². The summed E-state index contributed by atoms with van der Waals surface area (Å²) in [4.78, 5) is 2.47. The van der Waals surface area contributed by atoms with E-state index < -0.39 is 0 Å². The van der Waals surface area contributed by atoms with Crippen LogP contribution in [0.15, 0.2) is 30.3 Å². The highest BCUT2D eigenvalue weighted by molar-refractivity contribution is 5.14. The molecule has 2 rings (SSSR count). The van der Waals surface area contributed by atoms with E-state index >= 15 is 0 Å². The first-order valence-corrected chi connectivity index (χ1v) is 5.76. The monoisotopic (exact) mass is 204 g/mol. The Balaban J connectivity index is 1.94. The standard InChI is InChI=1S/C13H20N2/c1-11-7-13(14)10-15(8-11)9-12-5-3-2-4-6-12/h2-6,11,13H,7-10,14H2,1H3/t11?,13-/m0/s1. The van der Waals surface area contributed by atoms with Gasteiger partial charge in [-0.25, -0.2) is 0 Å². The summed E-state index contributed by atoms with van der Waals surface area (Å²) in [6.07, 6.45) is 1.17. The highest BCUT2D eigenvalue weighted by atomic mass is 15.1. The molecule has 2 atom stereocenters. The van der Waals surface area contributed by atoms with E-state index in [1.165, 1.54) is 18.5 Å². The van der Waals surface area contributed by atoms with E-state index in [9.17, 15) is 0 Å². The van der Waals surface area contributed by atoms with Gasteiger partial charge in [-0.3, -0.25) is 4.90 Å². The van der Waals surface area contributed by atoms with Crippen LogP contribution >= 0.6 is 0 Å². The summed E-state index contributed by atoms with van der Waals surface area (Å²) < 4.78 is 0. The average Bonchev–Trinajstić information content (AvgIpc) is 2.17. The molecule has 1 heterocycles. The highest BCUT2D eigenvalue weighted by Gasteiger charge is 2.21. The lowest BCUT2D eigenvalue weighted by Crippen LogP contribution is -2.45. The quantitative estimate of drug-likeness (QED) is 0.796. The lowest BCUT2D eigenvalue weighted by molar-refractivity contribution is 0.158. The van der Waals surface area contributed by atoms with Crippen molar-refractivity contribution in [3.8, 4) is 0 Å². The molecule has 0 aliphatic carbocycles. The summed E-state index contributed by atoms with van der Waals surface area (Å²) in [5, 5.41) is 0. The normalized spacial score (nSPS) is 27.9. The lowest BCUT2D eigenvalue weighted by atomic mass is 9.96. The van der Waals surface area contributed by atoms with E-state index in [1.54, 1.807) is 0 Å².